The molecule has 0 spiro atoms. The van der Waals surface area contributed by atoms with Crippen molar-refractivity contribution in [1.29, 1.82) is 0 Å². The van der Waals surface area contributed by atoms with Gasteiger partial charge in [0.15, 0.2) is 0 Å². The molecule has 47 heavy (non-hydrogen) atoms. The molecule has 280 valence electrons. The fourth-order valence-corrected chi connectivity index (χ4v) is 8.24. The third-order valence-electron chi connectivity index (χ3n) is 10.1. The summed E-state index contributed by atoms with van der Waals surface area (Å²) in [4.78, 5) is 23.4. The third-order valence-corrected chi connectivity index (χ3v) is 11.5. The van der Waals surface area contributed by atoms with Crippen LogP contribution in [0.15, 0.2) is 0 Å². The van der Waals surface area contributed by atoms with E-state index in [1.807, 2.05) is 0 Å². The van der Waals surface area contributed by atoms with Gasteiger partial charge in [0, 0.05) is 11.0 Å². The standard InChI is InChI=1S/C42H82O4S/c1-3-5-7-9-11-13-15-17-19-21-23-25-27-29-31-33-35-39(42(45)46)38-47-40(37-41(43)44)36-34-32-30-28-26-24-22-20-18-16-14-12-10-8-6-4-2/h39-40H,3-38H2,1-2H3,(H,43,44)(H,45,46). The number of carboxylic acids is 2. The van der Waals surface area contributed by atoms with Crippen LogP contribution in [0.4, 0.5) is 0 Å². The van der Waals surface area contributed by atoms with Crippen molar-refractivity contribution in [1.82, 2.24) is 0 Å². The highest BCUT2D eigenvalue weighted by Gasteiger charge is 2.21. The molecule has 0 bridgehead atoms. The van der Waals surface area contributed by atoms with Gasteiger partial charge in [-0.1, -0.05) is 219 Å². The Bertz CT molecular complexity index is 655. The number of hydrogen-bond acceptors (Lipinski definition) is 3. The number of carbonyl (C=O) groups is 2. The van der Waals surface area contributed by atoms with Crippen molar-refractivity contribution < 1.29 is 19.8 Å². The average Bonchev–Trinajstić information content (AvgIpc) is 3.05. The molecule has 0 aromatic heterocycles. The maximum atomic E-state index is 11.9. The van der Waals surface area contributed by atoms with Crippen LogP contribution in [0.1, 0.15) is 239 Å². The molecule has 2 unspecified atom stereocenters. The predicted octanol–water partition coefficient (Wildman–Crippen LogP) is 14.6. The van der Waals surface area contributed by atoms with Crippen LogP contribution in [0, 0.1) is 5.92 Å². The van der Waals surface area contributed by atoms with Crippen LogP contribution in [0.5, 0.6) is 0 Å². The van der Waals surface area contributed by atoms with Gasteiger partial charge in [-0.15, -0.1) is 0 Å². The lowest BCUT2D eigenvalue weighted by atomic mass is 10.0. The van der Waals surface area contributed by atoms with Gasteiger partial charge in [0.25, 0.3) is 0 Å². The van der Waals surface area contributed by atoms with E-state index in [9.17, 15) is 19.8 Å². The maximum absolute atomic E-state index is 11.9. The Morgan fingerprint density at radius 1 is 0.426 bits per heavy atom. The van der Waals surface area contributed by atoms with E-state index in [4.69, 9.17) is 0 Å². The first-order valence-electron chi connectivity index (χ1n) is 21.1. The molecule has 2 N–H and O–H groups in total. The largest absolute Gasteiger partial charge is 0.481 e. The van der Waals surface area contributed by atoms with Crippen molar-refractivity contribution >= 4 is 23.7 Å². The van der Waals surface area contributed by atoms with Crippen LogP contribution in [-0.4, -0.2) is 33.2 Å². The first-order valence-corrected chi connectivity index (χ1v) is 22.1. The van der Waals surface area contributed by atoms with Gasteiger partial charge in [-0.25, -0.2) is 0 Å². The topological polar surface area (TPSA) is 74.6 Å². The van der Waals surface area contributed by atoms with Gasteiger partial charge >= 0.3 is 11.9 Å². The number of thioether (sulfide) groups is 1. The van der Waals surface area contributed by atoms with E-state index in [0.717, 1.165) is 38.5 Å². The number of rotatable bonds is 40. The number of carboxylic acid groups (broad SMARTS) is 2. The SMILES string of the molecule is CCCCCCCCCCCCCCCCCCC(CC(=O)O)SCC(CCCCCCCCCCCCCCCCCC)C(=O)O. The quantitative estimate of drug-likeness (QED) is 0.0629. The highest BCUT2D eigenvalue weighted by atomic mass is 32.2. The van der Waals surface area contributed by atoms with Gasteiger partial charge in [0.05, 0.1) is 12.3 Å². The molecule has 0 rings (SSSR count). The fraction of sp³-hybridized carbons (Fsp3) is 0.952. The van der Waals surface area contributed by atoms with Crippen LogP contribution >= 0.6 is 11.8 Å². The van der Waals surface area contributed by atoms with Gasteiger partial charge in [0.2, 0.25) is 0 Å². The summed E-state index contributed by atoms with van der Waals surface area (Å²) in [5.74, 6) is -1.28. The highest BCUT2D eigenvalue weighted by Crippen LogP contribution is 2.27. The molecular formula is C42H82O4S. The first kappa shape index (κ1) is 46.3. The van der Waals surface area contributed by atoms with Crippen molar-refractivity contribution in [2.45, 2.75) is 244 Å². The number of aliphatic carboxylic acids is 2. The molecule has 0 amide bonds. The molecule has 5 heteroatoms. The van der Waals surface area contributed by atoms with Crippen LogP contribution in [0.3, 0.4) is 0 Å². The molecule has 0 aliphatic heterocycles. The molecule has 0 saturated carbocycles. The van der Waals surface area contributed by atoms with Crippen molar-refractivity contribution in [3.63, 3.8) is 0 Å². The van der Waals surface area contributed by atoms with Gasteiger partial charge in [0.1, 0.15) is 0 Å². The molecule has 0 fully saturated rings. The van der Waals surface area contributed by atoms with Crippen LogP contribution in [0.25, 0.3) is 0 Å². The lowest BCUT2D eigenvalue weighted by Crippen LogP contribution is -2.19. The van der Waals surface area contributed by atoms with Crippen LogP contribution in [-0.2, 0) is 9.59 Å². The minimum atomic E-state index is -0.760. The van der Waals surface area contributed by atoms with E-state index in [0.29, 0.717) is 5.75 Å². The van der Waals surface area contributed by atoms with Crippen LogP contribution < -0.4 is 0 Å². The summed E-state index contributed by atoms with van der Waals surface area (Å²) in [5.41, 5.74) is 0. The molecule has 0 saturated heterocycles. The molecule has 0 radical (unpaired) electrons. The molecular weight excluding hydrogens is 601 g/mol. The molecule has 0 aliphatic carbocycles. The Labute approximate surface area is 298 Å². The zero-order valence-corrected chi connectivity index (χ0v) is 32.5. The van der Waals surface area contributed by atoms with E-state index in [2.05, 4.69) is 13.8 Å². The van der Waals surface area contributed by atoms with E-state index in [1.165, 1.54) is 180 Å². The van der Waals surface area contributed by atoms with Crippen molar-refractivity contribution in [2.75, 3.05) is 5.75 Å². The Morgan fingerprint density at radius 2 is 0.702 bits per heavy atom. The minimum absolute atomic E-state index is 0.0341. The molecule has 0 aromatic rings. The fourth-order valence-electron chi connectivity index (χ4n) is 6.83. The minimum Gasteiger partial charge on any atom is -0.481 e. The van der Waals surface area contributed by atoms with Gasteiger partial charge in [-0.2, -0.15) is 11.8 Å². The molecule has 0 heterocycles. The van der Waals surface area contributed by atoms with E-state index in [1.54, 1.807) is 11.8 Å². The summed E-state index contributed by atoms with van der Waals surface area (Å²) < 4.78 is 0. The summed E-state index contributed by atoms with van der Waals surface area (Å²) in [6.45, 7) is 4.56. The first-order chi connectivity index (χ1) is 23.0. The van der Waals surface area contributed by atoms with E-state index >= 15 is 0 Å². The summed E-state index contributed by atoms with van der Waals surface area (Å²) in [6, 6.07) is 0. The van der Waals surface area contributed by atoms with Gasteiger partial charge in [-0.3, -0.25) is 9.59 Å². The smallest absolute Gasteiger partial charge is 0.307 e. The number of unbranched alkanes of at least 4 members (excludes halogenated alkanes) is 30. The zero-order valence-electron chi connectivity index (χ0n) is 31.7. The Morgan fingerprint density at radius 3 is 0.979 bits per heavy atom. The Kier molecular flexibility index (Phi) is 37.5. The average molecular weight is 683 g/mol. The maximum Gasteiger partial charge on any atom is 0.307 e. The summed E-state index contributed by atoms with van der Waals surface area (Å²) in [6.07, 6.45) is 44.3. The molecule has 4 nitrogen and oxygen atoms in total. The van der Waals surface area contributed by atoms with Crippen molar-refractivity contribution in [3.8, 4) is 0 Å². The Hall–Kier alpha value is -0.710. The molecule has 0 aliphatic rings. The number of hydrogen-bond donors (Lipinski definition) is 2. The molecule has 0 aromatic carbocycles. The summed E-state index contributed by atoms with van der Waals surface area (Å²) in [5, 5.41) is 19.2. The zero-order chi connectivity index (χ0) is 34.5. The van der Waals surface area contributed by atoms with Crippen molar-refractivity contribution in [3.05, 3.63) is 0 Å². The van der Waals surface area contributed by atoms with Crippen molar-refractivity contribution in [2.24, 2.45) is 5.92 Å². The monoisotopic (exact) mass is 683 g/mol. The lowest BCUT2D eigenvalue weighted by Gasteiger charge is -2.18. The highest BCUT2D eigenvalue weighted by molar-refractivity contribution is 7.99. The third kappa shape index (κ3) is 36.4. The second-order valence-electron chi connectivity index (χ2n) is 14.8. The van der Waals surface area contributed by atoms with E-state index in [-0.39, 0.29) is 17.6 Å². The lowest BCUT2D eigenvalue weighted by molar-refractivity contribution is -0.141. The summed E-state index contributed by atoms with van der Waals surface area (Å²) >= 11 is 1.60. The second kappa shape index (κ2) is 38.1. The second-order valence-corrected chi connectivity index (χ2v) is 16.1. The van der Waals surface area contributed by atoms with Gasteiger partial charge in [-0.05, 0) is 12.8 Å². The normalized spacial score (nSPS) is 12.8. The van der Waals surface area contributed by atoms with Crippen LogP contribution in [0.2, 0.25) is 0 Å². The predicted molar refractivity (Wildman–Crippen MR) is 208 cm³/mol. The Balaban J connectivity index is 3.80. The summed E-state index contributed by atoms with van der Waals surface area (Å²) in [7, 11) is 0. The molecule has 2 atom stereocenters. The van der Waals surface area contributed by atoms with E-state index < -0.39 is 11.9 Å². The van der Waals surface area contributed by atoms with Gasteiger partial charge < -0.3 is 10.2 Å².